The fourth-order valence-electron chi connectivity index (χ4n) is 6.27. The standard InChI is InChI=1S/C34H28BNO2/c1-34(2)30-15-8-7-14-26(30)27-20-29-28-19-23(22-10-9-11-24(18-22)35(37)38)16-17-32(28)36(33(29)21-31(27)34)25-12-5-3-4-6-13-25/h3,5-21,37-38H,4H2,1-2H3. The number of rotatable bonds is 3. The smallest absolute Gasteiger partial charge is 0.423 e. The average Bonchev–Trinajstić information content (AvgIpc) is 3.18. The number of benzene rings is 4. The molecular weight excluding hydrogens is 465 g/mol. The van der Waals surface area contributed by atoms with Crippen LogP contribution in [0.15, 0.2) is 109 Å². The Bertz CT molecular complexity index is 1850. The molecule has 0 saturated carbocycles. The molecule has 38 heavy (non-hydrogen) atoms. The number of fused-ring (bicyclic) bond motifs is 6. The van der Waals surface area contributed by atoms with Gasteiger partial charge in [-0.25, -0.2) is 0 Å². The van der Waals surface area contributed by atoms with E-state index in [2.05, 4.69) is 103 Å². The summed E-state index contributed by atoms with van der Waals surface area (Å²) in [4.78, 5) is 0. The zero-order valence-electron chi connectivity index (χ0n) is 21.5. The lowest BCUT2D eigenvalue weighted by Gasteiger charge is -2.21. The van der Waals surface area contributed by atoms with Crippen molar-refractivity contribution in [1.82, 2.24) is 4.57 Å². The molecule has 4 heteroatoms. The molecule has 0 atom stereocenters. The summed E-state index contributed by atoms with van der Waals surface area (Å²) >= 11 is 0. The Hall–Kier alpha value is -4.12. The predicted molar refractivity (Wildman–Crippen MR) is 159 cm³/mol. The maximum atomic E-state index is 9.72. The molecule has 2 aliphatic carbocycles. The molecule has 1 aromatic heterocycles. The molecule has 0 unspecified atom stereocenters. The van der Waals surface area contributed by atoms with Crippen molar-refractivity contribution >= 4 is 40.1 Å². The van der Waals surface area contributed by atoms with Gasteiger partial charge in [-0.15, -0.1) is 0 Å². The summed E-state index contributed by atoms with van der Waals surface area (Å²) < 4.78 is 2.38. The highest BCUT2D eigenvalue weighted by Gasteiger charge is 2.36. The minimum Gasteiger partial charge on any atom is -0.423 e. The Morgan fingerprint density at radius 2 is 1.55 bits per heavy atom. The summed E-state index contributed by atoms with van der Waals surface area (Å²) in [5, 5.41) is 21.8. The molecule has 1 heterocycles. The first kappa shape index (κ1) is 23.0. The van der Waals surface area contributed by atoms with Crippen molar-refractivity contribution in [3.63, 3.8) is 0 Å². The quantitative estimate of drug-likeness (QED) is 0.272. The van der Waals surface area contributed by atoms with Gasteiger partial charge in [0.1, 0.15) is 0 Å². The lowest BCUT2D eigenvalue weighted by molar-refractivity contribution is 0.426. The van der Waals surface area contributed by atoms with Crippen LogP contribution in [0.25, 0.3) is 49.8 Å². The third kappa shape index (κ3) is 3.38. The van der Waals surface area contributed by atoms with Gasteiger partial charge in [-0.05, 0) is 81.7 Å². The maximum absolute atomic E-state index is 9.72. The molecule has 0 bridgehead atoms. The largest absolute Gasteiger partial charge is 0.488 e. The van der Waals surface area contributed by atoms with Crippen molar-refractivity contribution in [3.05, 3.63) is 120 Å². The SMILES string of the molecule is CC1(C)c2ccccc2-c2cc3c4cc(-c5cccc(B(O)O)c5)ccc4n(C4=CC=CCC=C4)c3cc21. The molecule has 2 N–H and O–H groups in total. The Labute approximate surface area is 222 Å². The zero-order chi connectivity index (χ0) is 26.0. The van der Waals surface area contributed by atoms with Gasteiger partial charge in [0, 0.05) is 21.9 Å². The first-order chi connectivity index (χ1) is 18.4. The van der Waals surface area contributed by atoms with Gasteiger partial charge in [-0.3, -0.25) is 0 Å². The fourth-order valence-corrected chi connectivity index (χ4v) is 6.27. The Kier molecular flexibility index (Phi) is 5.12. The van der Waals surface area contributed by atoms with E-state index in [0.29, 0.717) is 5.46 Å². The van der Waals surface area contributed by atoms with E-state index in [9.17, 15) is 10.0 Å². The highest BCUT2D eigenvalue weighted by atomic mass is 16.4. The topological polar surface area (TPSA) is 45.4 Å². The van der Waals surface area contributed by atoms with Crippen LogP contribution in [0, 0.1) is 0 Å². The van der Waals surface area contributed by atoms with Crippen LogP contribution in [0.1, 0.15) is 31.4 Å². The first-order valence-corrected chi connectivity index (χ1v) is 13.2. The monoisotopic (exact) mass is 493 g/mol. The van der Waals surface area contributed by atoms with Crippen LogP contribution < -0.4 is 5.46 Å². The predicted octanol–water partition coefficient (Wildman–Crippen LogP) is 6.80. The van der Waals surface area contributed by atoms with Gasteiger partial charge in [0.25, 0.3) is 0 Å². The average molecular weight is 493 g/mol. The van der Waals surface area contributed by atoms with Crippen molar-refractivity contribution in [2.75, 3.05) is 0 Å². The molecule has 0 saturated heterocycles. The molecule has 184 valence electrons. The number of allylic oxidation sites excluding steroid dienone is 6. The minimum absolute atomic E-state index is 0.0777. The van der Waals surface area contributed by atoms with Crippen LogP contribution in [0.4, 0.5) is 0 Å². The summed E-state index contributed by atoms with van der Waals surface area (Å²) in [5.74, 6) is 0. The number of hydrogen-bond donors (Lipinski definition) is 2. The van der Waals surface area contributed by atoms with Gasteiger partial charge in [-0.2, -0.15) is 0 Å². The zero-order valence-corrected chi connectivity index (χ0v) is 21.5. The van der Waals surface area contributed by atoms with Gasteiger partial charge in [-0.1, -0.05) is 86.7 Å². The summed E-state index contributed by atoms with van der Waals surface area (Å²) in [7, 11) is -1.49. The van der Waals surface area contributed by atoms with Crippen LogP contribution in [0.5, 0.6) is 0 Å². The molecule has 3 nitrogen and oxygen atoms in total. The van der Waals surface area contributed by atoms with Crippen molar-refractivity contribution in [3.8, 4) is 22.3 Å². The third-order valence-electron chi connectivity index (χ3n) is 8.21. The molecule has 5 aromatic rings. The van der Waals surface area contributed by atoms with Gasteiger partial charge in [0.2, 0.25) is 0 Å². The molecule has 2 aliphatic rings. The molecule has 7 rings (SSSR count). The molecule has 0 spiro atoms. The van der Waals surface area contributed by atoms with Crippen molar-refractivity contribution in [2.45, 2.75) is 25.7 Å². The number of nitrogens with zero attached hydrogens (tertiary/aromatic N) is 1. The van der Waals surface area contributed by atoms with Crippen molar-refractivity contribution < 1.29 is 10.0 Å². The van der Waals surface area contributed by atoms with E-state index in [4.69, 9.17) is 0 Å². The normalized spacial score (nSPS) is 15.4. The summed E-state index contributed by atoms with van der Waals surface area (Å²) in [5.41, 5.74) is 11.3. The third-order valence-corrected chi connectivity index (χ3v) is 8.21. The molecule has 0 aliphatic heterocycles. The van der Waals surface area contributed by atoms with Crippen LogP contribution in [-0.4, -0.2) is 21.7 Å². The molecule has 0 fully saturated rings. The van der Waals surface area contributed by atoms with E-state index in [0.717, 1.165) is 28.8 Å². The lowest BCUT2D eigenvalue weighted by Crippen LogP contribution is -2.29. The van der Waals surface area contributed by atoms with E-state index >= 15 is 0 Å². The van der Waals surface area contributed by atoms with Crippen molar-refractivity contribution in [1.29, 1.82) is 0 Å². The van der Waals surface area contributed by atoms with Gasteiger partial charge >= 0.3 is 7.12 Å². The second-order valence-corrected chi connectivity index (χ2v) is 10.8. The van der Waals surface area contributed by atoms with E-state index in [1.54, 1.807) is 6.07 Å². The van der Waals surface area contributed by atoms with Gasteiger partial charge < -0.3 is 14.6 Å². The molecule has 4 aromatic carbocycles. The first-order valence-electron chi connectivity index (χ1n) is 13.2. The van der Waals surface area contributed by atoms with Crippen LogP contribution >= 0.6 is 0 Å². The molecular formula is C34H28BNO2. The minimum atomic E-state index is -1.49. The highest BCUT2D eigenvalue weighted by Crippen LogP contribution is 2.51. The lowest BCUT2D eigenvalue weighted by atomic mass is 9.79. The Morgan fingerprint density at radius 3 is 2.42 bits per heavy atom. The Morgan fingerprint density at radius 1 is 0.737 bits per heavy atom. The molecule has 0 radical (unpaired) electrons. The second kappa shape index (κ2) is 8.45. The van der Waals surface area contributed by atoms with E-state index < -0.39 is 7.12 Å². The van der Waals surface area contributed by atoms with Crippen molar-refractivity contribution in [2.24, 2.45) is 0 Å². The summed E-state index contributed by atoms with van der Waals surface area (Å²) in [6, 6.07) is 27.6. The van der Waals surface area contributed by atoms with Gasteiger partial charge in [0.15, 0.2) is 0 Å². The summed E-state index contributed by atoms with van der Waals surface area (Å²) in [6.07, 6.45) is 11.9. The molecule has 0 amide bonds. The number of aromatic nitrogens is 1. The maximum Gasteiger partial charge on any atom is 0.488 e. The van der Waals surface area contributed by atoms with Crippen LogP contribution in [0.2, 0.25) is 0 Å². The van der Waals surface area contributed by atoms with Gasteiger partial charge in [0.05, 0.1) is 11.0 Å². The fraction of sp³-hybridized carbons (Fsp3) is 0.118. The summed E-state index contributed by atoms with van der Waals surface area (Å²) in [6.45, 7) is 4.65. The highest BCUT2D eigenvalue weighted by molar-refractivity contribution is 6.58. The number of hydrogen-bond acceptors (Lipinski definition) is 2. The van der Waals surface area contributed by atoms with E-state index in [1.807, 2.05) is 18.2 Å². The van der Waals surface area contributed by atoms with E-state index in [1.165, 1.54) is 38.5 Å². The van der Waals surface area contributed by atoms with E-state index in [-0.39, 0.29) is 5.41 Å². The Balaban J connectivity index is 1.55. The second-order valence-electron chi connectivity index (χ2n) is 10.8. The van der Waals surface area contributed by atoms with Crippen LogP contribution in [-0.2, 0) is 5.41 Å². The van der Waals surface area contributed by atoms with Crippen LogP contribution in [0.3, 0.4) is 0 Å².